The van der Waals surface area contributed by atoms with Gasteiger partial charge in [0.2, 0.25) is 5.88 Å². The number of carbonyl (C=O) groups excluding carboxylic acids is 1. The first-order chi connectivity index (χ1) is 6.67. The van der Waals surface area contributed by atoms with Crippen LogP contribution in [0.3, 0.4) is 0 Å². The first-order valence-electron chi connectivity index (χ1n) is 3.63. The normalized spacial score (nSPS) is 9.36. The van der Waals surface area contributed by atoms with Crippen molar-refractivity contribution in [1.82, 2.24) is 4.98 Å². The lowest BCUT2D eigenvalue weighted by molar-refractivity contribution is 0.119. The maximum atomic E-state index is 10.7. The summed E-state index contributed by atoms with van der Waals surface area (Å²) in [6, 6.07) is 3.19. The highest BCUT2D eigenvalue weighted by atomic mass is 127. The smallest absolute Gasteiger partial charge is 0.494 e. The number of carbonyl (C=O) groups is 1. The average Bonchev–Trinajstić information content (AvgIpc) is 2.18. The largest absolute Gasteiger partial charge is 0.514 e. The van der Waals surface area contributed by atoms with Gasteiger partial charge in [-0.05, 0) is 28.7 Å². The molecule has 0 N–H and O–H groups in total. The fraction of sp³-hybridized carbons (Fsp3) is 0.250. The molecule has 1 rings (SSSR count). The van der Waals surface area contributed by atoms with Crippen molar-refractivity contribution in [2.75, 3.05) is 14.2 Å². The van der Waals surface area contributed by atoms with Gasteiger partial charge in [0, 0.05) is 6.07 Å². The summed E-state index contributed by atoms with van der Waals surface area (Å²) in [5.74, 6) is 0.810. The lowest BCUT2D eigenvalue weighted by Crippen LogP contribution is -2.08. The Hall–Kier alpha value is -1.05. The first-order valence-corrected chi connectivity index (χ1v) is 4.71. The molecule has 0 amide bonds. The quantitative estimate of drug-likeness (QED) is 0.474. The Labute approximate surface area is 94.5 Å². The Bertz CT molecular complexity index is 342. The molecule has 0 aliphatic carbocycles. The Balaban J connectivity index is 2.81. The number of pyridine rings is 1. The minimum atomic E-state index is -0.793. The molecule has 6 heteroatoms. The highest BCUT2D eigenvalue weighted by molar-refractivity contribution is 14.1. The number of methoxy groups -OCH3 is 2. The van der Waals surface area contributed by atoms with E-state index in [0.717, 1.165) is 0 Å². The maximum absolute atomic E-state index is 10.7. The molecule has 0 saturated carbocycles. The van der Waals surface area contributed by atoms with Crippen LogP contribution in [-0.4, -0.2) is 25.4 Å². The van der Waals surface area contributed by atoms with Gasteiger partial charge in [-0.2, -0.15) is 0 Å². The van der Waals surface area contributed by atoms with E-state index < -0.39 is 6.16 Å². The lowest BCUT2D eigenvalue weighted by Gasteiger charge is -2.04. The average molecular weight is 309 g/mol. The van der Waals surface area contributed by atoms with Crippen LogP contribution in [0.15, 0.2) is 12.1 Å². The molecule has 1 aromatic rings. The van der Waals surface area contributed by atoms with Gasteiger partial charge in [0.1, 0.15) is 3.70 Å². The van der Waals surface area contributed by atoms with Crippen LogP contribution in [0.1, 0.15) is 0 Å². The zero-order valence-electron chi connectivity index (χ0n) is 7.61. The standard InChI is InChI=1S/C8H8INO4/c1-12-5-3-4-6(10-7(5)9)14-8(11)13-2/h3-4H,1-2H3. The zero-order chi connectivity index (χ0) is 10.6. The van der Waals surface area contributed by atoms with E-state index in [1.807, 2.05) is 22.6 Å². The molecule has 0 aliphatic heterocycles. The zero-order valence-corrected chi connectivity index (χ0v) is 9.77. The third-order valence-corrected chi connectivity index (χ3v) is 2.14. The maximum Gasteiger partial charge on any atom is 0.514 e. The van der Waals surface area contributed by atoms with E-state index in [4.69, 9.17) is 9.47 Å². The third kappa shape index (κ3) is 2.72. The van der Waals surface area contributed by atoms with Crippen molar-refractivity contribution >= 4 is 28.7 Å². The number of hydrogen-bond donors (Lipinski definition) is 0. The van der Waals surface area contributed by atoms with Crippen LogP contribution in [0.4, 0.5) is 4.79 Å². The molecular formula is C8H8INO4. The molecule has 76 valence electrons. The Morgan fingerprint density at radius 1 is 1.43 bits per heavy atom. The molecule has 0 aromatic carbocycles. The van der Waals surface area contributed by atoms with Crippen LogP contribution in [0.2, 0.25) is 0 Å². The predicted molar refractivity (Wildman–Crippen MR) is 56.5 cm³/mol. The van der Waals surface area contributed by atoms with Gasteiger partial charge in [-0.3, -0.25) is 0 Å². The van der Waals surface area contributed by atoms with E-state index in [1.165, 1.54) is 13.2 Å². The SMILES string of the molecule is COC(=O)Oc1ccc(OC)c(I)n1. The van der Waals surface area contributed by atoms with Crippen molar-refractivity contribution in [3.63, 3.8) is 0 Å². The molecular weight excluding hydrogens is 301 g/mol. The van der Waals surface area contributed by atoms with E-state index in [2.05, 4.69) is 9.72 Å². The highest BCUT2D eigenvalue weighted by Gasteiger charge is 2.07. The molecule has 0 bridgehead atoms. The van der Waals surface area contributed by atoms with Gasteiger partial charge in [-0.1, -0.05) is 0 Å². The number of ether oxygens (including phenoxy) is 3. The predicted octanol–water partition coefficient (Wildman–Crippen LogP) is 1.84. The molecule has 0 unspecified atom stereocenters. The van der Waals surface area contributed by atoms with E-state index >= 15 is 0 Å². The second kappa shape index (κ2) is 4.99. The summed E-state index contributed by atoms with van der Waals surface area (Å²) in [4.78, 5) is 14.7. The van der Waals surface area contributed by atoms with Gasteiger partial charge in [-0.15, -0.1) is 0 Å². The number of nitrogens with zero attached hydrogens (tertiary/aromatic N) is 1. The fourth-order valence-corrected chi connectivity index (χ4v) is 1.38. The molecule has 0 atom stereocenters. The van der Waals surface area contributed by atoms with Gasteiger partial charge in [0.05, 0.1) is 14.2 Å². The minimum absolute atomic E-state index is 0.182. The third-order valence-electron chi connectivity index (χ3n) is 1.36. The van der Waals surface area contributed by atoms with E-state index in [9.17, 15) is 4.79 Å². The van der Waals surface area contributed by atoms with Crippen LogP contribution in [0.25, 0.3) is 0 Å². The van der Waals surface area contributed by atoms with Crippen molar-refractivity contribution in [1.29, 1.82) is 0 Å². The lowest BCUT2D eigenvalue weighted by atomic mass is 10.4. The fourth-order valence-electron chi connectivity index (χ4n) is 0.741. The summed E-state index contributed by atoms with van der Waals surface area (Å²) in [5, 5.41) is 0. The summed E-state index contributed by atoms with van der Waals surface area (Å²) < 4.78 is 14.6. The van der Waals surface area contributed by atoms with Gasteiger partial charge >= 0.3 is 6.16 Å². The molecule has 1 heterocycles. The number of halogens is 1. The second-order valence-electron chi connectivity index (χ2n) is 2.20. The Kier molecular flexibility index (Phi) is 3.93. The molecule has 0 spiro atoms. The number of aromatic nitrogens is 1. The second-order valence-corrected chi connectivity index (χ2v) is 3.22. The van der Waals surface area contributed by atoms with Gasteiger partial charge in [0.25, 0.3) is 0 Å². The minimum Gasteiger partial charge on any atom is -0.494 e. The molecule has 0 fully saturated rings. The summed E-state index contributed by atoms with van der Waals surface area (Å²) in [6.45, 7) is 0. The summed E-state index contributed by atoms with van der Waals surface area (Å²) in [6.07, 6.45) is -0.793. The monoisotopic (exact) mass is 309 g/mol. The van der Waals surface area contributed by atoms with Gasteiger partial charge in [-0.25, -0.2) is 9.78 Å². The van der Waals surface area contributed by atoms with Crippen LogP contribution >= 0.6 is 22.6 Å². The topological polar surface area (TPSA) is 57.7 Å². The molecule has 14 heavy (non-hydrogen) atoms. The van der Waals surface area contributed by atoms with E-state index in [0.29, 0.717) is 9.45 Å². The van der Waals surface area contributed by atoms with Gasteiger partial charge < -0.3 is 14.2 Å². The number of hydrogen-bond acceptors (Lipinski definition) is 5. The van der Waals surface area contributed by atoms with Crippen molar-refractivity contribution in [3.05, 3.63) is 15.8 Å². The highest BCUT2D eigenvalue weighted by Crippen LogP contribution is 2.21. The van der Waals surface area contributed by atoms with Crippen LogP contribution in [-0.2, 0) is 4.74 Å². The van der Waals surface area contributed by atoms with Crippen LogP contribution in [0, 0.1) is 3.70 Å². The summed E-state index contributed by atoms with van der Waals surface area (Å²) >= 11 is 1.98. The van der Waals surface area contributed by atoms with E-state index in [-0.39, 0.29) is 5.88 Å². The molecule has 0 radical (unpaired) electrons. The van der Waals surface area contributed by atoms with Crippen molar-refractivity contribution in [3.8, 4) is 11.6 Å². The van der Waals surface area contributed by atoms with Crippen molar-refractivity contribution < 1.29 is 19.0 Å². The summed E-state index contributed by atoms with van der Waals surface area (Å²) in [5.41, 5.74) is 0. The van der Waals surface area contributed by atoms with Crippen LogP contribution in [0.5, 0.6) is 11.6 Å². The number of rotatable bonds is 2. The van der Waals surface area contributed by atoms with E-state index in [1.54, 1.807) is 13.2 Å². The van der Waals surface area contributed by atoms with Crippen molar-refractivity contribution in [2.24, 2.45) is 0 Å². The first kappa shape index (κ1) is 11.0. The van der Waals surface area contributed by atoms with Crippen LogP contribution < -0.4 is 9.47 Å². The van der Waals surface area contributed by atoms with Crippen molar-refractivity contribution in [2.45, 2.75) is 0 Å². The van der Waals surface area contributed by atoms with Gasteiger partial charge in [0.15, 0.2) is 5.75 Å². The molecule has 1 aromatic heterocycles. The molecule has 0 saturated heterocycles. The summed E-state index contributed by atoms with van der Waals surface area (Å²) in [7, 11) is 2.77. The molecule has 5 nitrogen and oxygen atoms in total. The Morgan fingerprint density at radius 3 is 2.64 bits per heavy atom. The molecule has 0 aliphatic rings. The Morgan fingerprint density at radius 2 is 2.14 bits per heavy atom.